The molecule has 4 atom stereocenters. The van der Waals surface area contributed by atoms with Gasteiger partial charge in [-0.15, -0.1) is 0 Å². The number of fused-ring (bicyclic) bond motifs is 5. The van der Waals surface area contributed by atoms with Crippen LogP contribution in [-0.4, -0.2) is 56.1 Å². The second kappa shape index (κ2) is 10.2. The molecule has 1 aromatic carbocycles. The van der Waals surface area contributed by atoms with Crippen LogP contribution in [0, 0.1) is 11.8 Å². The van der Waals surface area contributed by atoms with E-state index in [1.54, 1.807) is 6.92 Å². The van der Waals surface area contributed by atoms with Gasteiger partial charge in [0.15, 0.2) is 5.69 Å². The summed E-state index contributed by atoms with van der Waals surface area (Å²) in [5.41, 5.74) is 0.399. The Labute approximate surface area is 217 Å². The molecular formula is C29H38N4O4. The minimum atomic E-state index is -0.843. The summed E-state index contributed by atoms with van der Waals surface area (Å²) in [5.74, 6) is 0.929. The molecule has 0 radical (unpaired) electrons. The minimum Gasteiger partial charge on any atom is -0.461 e. The van der Waals surface area contributed by atoms with E-state index < -0.39 is 11.7 Å². The number of oxime groups is 1. The average molecular weight is 507 g/mol. The van der Waals surface area contributed by atoms with Crippen molar-refractivity contribution >= 4 is 22.7 Å². The van der Waals surface area contributed by atoms with Gasteiger partial charge in [0.1, 0.15) is 0 Å². The number of ether oxygens (including phenoxy) is 1. The van der Waals surface area contributed by atoms with Crippen LogP contribution in [0.25, 0.3) is 11.0 Å². The molecule has 37 heavy (non-hydrogen) atoms. The van der Waals surface area contributed by atoms with Crippen molar-refractivity contribution in [3.05, 3.63) is 40.3 Å². The van der Waals surface area contributed by atoms with Crippen molar-refractivity contribution in [1.82, 2.24) is 14.5 Å². The van der Waals surface area contributed by atoms with Gasteiger partial charge in [0.25, 0.3) is 5.56 Å². The molecule has 1 aromatic heterocycles. The number of nitrogens with zero attached hydrogens (tertiary/aromatic N) is 4. The smallest absolute Gasteiger partial charge is 0.362 e. The van der Waals surface area contributed by atoms with Crippen LogP contribution in [0.3, 0.4) is 0 Å². The highest BCUT2D eigenvalue weighted by Crippen LogP contribution is 2.47. The Morgan fingerprint density at radius 2 is 1.65 bits per heavy atom. The van der Waals surface area contributed by atoms with Gasteiger partial charge in [0.05, 0.1) is 17.6 Å². The molecule has 4 bridgehead atoms. The Balaban J connectivity index is 1.33. The molecule has 4 fully saturated rings. The average Bonchev–Trinajstić information content (AvgIpc) is 3.05. The van der Waals surface area contributed by atoms with Crippen molar-refractivity contribution in [2.75, 3.05) is 6.61 Å². The maximum atomic E-state index is 13.9. The van der Waals surface area contributed by atoms with E-state index in [-0.39, 0.29) is 23.9 Å². The van der Waals surface area contributed by atoms with Crippen LogP contribution in [0.5, 0.6) is 0 Å². The summed E-state index contributed by atoms with van der Waals surface area (Å²) in [6.45, 7) is 1.79. The predicted octanol–water partition coefficient (Wildman–Crippen LogP) is 4.66. The van der Waals surface area contributed by atoms with Crippen molar-refractivity contribution < 1.29 is 14.7 Å². The molecule has 8 heteroatoms. The van der Waals surface area contributed by atoms with E-state index in [4.69, 9.17) is 4.74 Å². The molecule has 0 amide bonds. The van der Waals surface area contributed by atoms with Crippen LogP contribution in [-0.2, 0) is 9.53 Å². The molecule has 2 aromatic rings. The zero-order valence-corrected chi connectivity index (χ0v) is 21.7. The molecule has 0 spiro atoms. The molecule has 2 aliphatic carbocycles. The lowest BCUT2D eigenvalue weighted by Crippen LogP contribution is -2.52. The Hall–Kier alpha value is -2.74. The topological polar surface area (TPSA) is 97.0 Å². The largest absolute Gasteiger partial charge is 0.461 e. The van der Waals surface area contributed by atoms with Crippen LogP contribution >= 0.6 is 0 Å². The maximum absolute atomic E-state index is 13.9. The summed E-state index contributed by atoms with van der Waals surface area (Å²) >= 11 is 0. The van der Waals surface area contributed by atoms with Crippen molar-refractivity contribution in [2.24, 2.45) is 17.0 Å². The Bertz CT molecular complexity index is 1230. The van der Waals surface area contributed by atoms with Gasteiger partial charge in [-0.3, -0.25) is 9.69 Å². The first kappa shape index (κ1) is 24.6. The van der Waals surface area contributed by atoms with Gasteiger partial charge in [-0.25, -0.2) is 9.78 Å². The Morgan fingerprint density at radius 3 is 2.30 bits per heavy atom. The molecule has 2 aliphatic heterocycles. The number of carbonyl (C=O) groups is 1. The first-order valence-electron chi connectivity index (χ1n) is 14.3. The highest BCUT2D eigenvalue weighted by Gasteiger charge is 2.47. The highest BCUT2D eigenvalue weighted by molar-refractivity contribution is 6.42. The predicted molar refractivity (Wildman–Crippen MR) is 141 cm³/mol. The van der Waals surface area contributed by atoms with Gasteiger partial charge in [-0.2, -0.15) is 0 Å². The lowest BCUT2D eigenvalue weighted by atomic mass is 9.76. The third-order valence-electron chi connectivity index (χ3n) is 9.49. The van der Waals surface area contributed by atoms with E-state index in [0.29, 0.717) is 23.6 Å². The van der Waals surface area contributed by atoms with Crippen molar-refractivity contribution in [2.45, 2.75) is 102 Å². The zero-order chi connectivity index (χ0) is 25.5. The highest BCUT2D eigenvalue weighted by atomic mass is 16.5. The number of hydrogen-bond acceptors (Lipinski definition) is 7. The zero-order valence-electron chi connectivity index (χ0n) is 21.7. The second-order valence-electron chi connectivity index (χ2n) is 11.6. The number of rotatable bonds is 5. The number of benzene rings is 1. The lowest BCUT2D eigenvalue weighted by Gasteiger charge is -2.48. The Morgan fingerprint density at radius 1 is 0.973 bits per heavy atom. The number of aromatic nitrogens is 2. The standard InChI is InChI=1S/C29H38N4O4/c1-2-37-29(35)27(31-36)26-28(34)33(25-10-6-5-9-24(25)30-26)23-16-20-11-12-21(17-23)32(20)22-14-18-7-3-4-8-19(13-18)15-22/h5-6,9-10,18-23,36H,2-4,7-8,11-17H2,1H3/b31-27-/t18-,19-,20-,21-/m1/s1. The van der Waals surface area contributed by atoms with E-state index in [1.807, 2.05) is 28.8 Å². The SMILES string of the molecule is CCOC(=O)/C(=N\O)c1nc2ccccc2n(C2C[C@H]3CC[C@H](C2)N3C2C[C@@H]3CCCC[C@@H](C2)C3)c1=O. The third-order valence-corrected chi connectivity index (χ3v) is 9.49. The first-order chi connectivity index (χ1) is 18.1. The molecule has 4 aliphatic rings. The number of piperidine rings is 1. The summed E-state index contributed by atoms with van der Waals surface area (Å²) in [7, 11) is 0. The van der Waals surface area contributed by atoms with E-state index >= 15 is 0 Å². The normalized spacial score (nSPS) is 32.3. The lowest BCUT2D eigenvalue weighted by molar-refractivity contribution is -0.135. The van der Waals surface area contributed by atoms with E-state index in [9.17, 15) is 14.8 Å². The molecule has 0 unspecified atom stereocenters. The van der Waals surface area contributed by atoms with Gasteiger partial charge < -0.3 is 14.5 Å². The number of esters is 1. The van der Waals surface area contributed by atoms with Crippen LogP contribution in [0.4, 0.5) is 0 Å². The summed E-state index contributed by atoms with van der Waals surface area (Å²) in [6, 6.07) is 9.19. The van der Waals surface area contributed by atoms with Gasteiger partial charge >= 0.3 is 5.97 Å². The summed E-state index contributed by atoms with van der Waals surface area (Å²) in [6.07, 6.45) is 13.9. The van der Waals surface area contributed by atoms with Crippen molar-refractivity contribution in [1.29, 1.82) is 0 Å². The molecule has 198 valence electrons. The quantitative estimate of drug-likeness (QED) is 0.274. The van der Waals surface area contributed by atoms with Crippen LogP contribution < -0.4 is 5.56 Å². The van der Waals surface area contributed by atoms with Crippen molar-refractivity contribution in [3.63, 3.8) is 0 Å². The fourth-order valence-corrected chi connectivity index (χ4v) is 8.16. The fourth-order valence-electron chi connectivity index (χ4n) is 8.16. The minimum absolute atomic E-state index is 0.0147. The monoisotopic (exact) mass is 506 g/mol. The second-order valence-corrected chi connectivity index (χ2v) is 11.6. The summed E-state index contributed by atoms with van der Waals surface area (Å²) in [5, 5.41) is 12.8. The van der Waals surface area contributed by atoms with Crippen molar-refractivity contribution in [3.8, 4) is 0 Å². The van der Waals surface area contributed by atoms with Gasteiger partial charge in [-0.05, 0) is 75.8 Å². The van der Waals surface area contributed by atoms with Gasteiger partial charge in [-0.1, -0.05) is 43.0 Å². The molecule has 1 N–H and O–H groups in total. The van der Waals surface area contributed by atoms with Gasteiger partial charge in [0, 0.05) is 24.2 Å². The van der Waals surface area contributed by atoms with Gasteiger partial charge in [0.2, 0.25) is 5.71 Å². The van der Waals surface area contributed by atoms with E-state index in [0.717, 1.165) is 30.2 Å². The summed E-state index contributed by atoms with van der Waals surface area (Å²) in [4.78, 5) is 33.7. The molecule has 2 saturated carbocycles. The first-order valence-corrected chi connectivity index (χ1v) is 14.3. The molecule has 2 saturated heterocycles. The van der Waals surface area contributed by atoms with Crippen LogP contribution in [0.1, 0.15) is 89.3 Å². The van der Waals surface area contributed by atoms with Crippen LogP contribution in [0.15, 0.2) is 34.2 Å². The number of hydrogen-bond donors (Lipinski definition) is 1. The molecular weight excluding hydrogens is 468 g/mol. The molecule has 3 heterocycles. The third kappa shape index (κ3) is 4.47. The number of para-hydroxylation sites is 2. The fraction of sp³-hybridized carbons (Fsp3) is 0.655. The molecule has 6 rings (SSSR count). The molecule has 8 nitrogen and oxygen atoms in total. The van der Waals surface area contributed by atoms with E-state index in [1.165, 1.54) is 57.8 Å². The van der Waals surface area contributed by atoms with E-state index in [2.05, 4.69) is 15.0 Å². The number of carbonyl (C=O) groups excluding carboxylic acids is 1. The summed E-state index contributed by atoms with van der Waals surface area (Å²) < 4.78 is 6.87. The maximum Gasteiger partial charge on any atom is 0.362 e. The van der Waals surface area contributed by atoms with Crippen LogP contribution in [0.2, 0.25) is 0 Å². The Kier molecular flexibility index (Phi) is 6.78.